The maximum Gasteiger partial charge on any atom is 0.265 e. The van der Waals surface area contributed by atoms with Crippen molar-refractivity contribution >= 4 is 28.0 Å². The number of rotatable bonds is 10. The number of nitrogens with one attached hydrogen (secondary N) is 1. The molecule has 3 aromatic rings. The van der Waals surface area contributed by atoms with Crippen LogP contribution in [0.5, 0.6) is 5.75 Å². The van der Waals surface area contributed by atoms with Gasteiger partial charge in [0.2, 0.25) is 0 Å². The molecule has 0 fully saturated rings. The van der Waals surface area contributed by atoms with Crippen molar-refractivity contribution in [3.05, 3.63) is 97.2 Å². The highest BCUT2D eigenvalue weighted by Crippen LogP contribution is 2.21. The van der Waals surface area contributed by atoms with Gasteiger partial charge in [0, 0.05) is 6.20 Å². The van der Waals surface area contributed by atoms with Gasteiger partial charge in [-0.05, 0) is 42.0 Å². The number of ether oxygens (including phenoxy) is 1. The van der Waals surface area contributed by atoms with Crippen molar-refractivity contribution in [1.82, 2.24) is 10.4 Å². The molecule has 9 heteroatoms. The SMILES string of the molecule is C=CCOc1cccc(/C=N\NC(=O)CN(c2ccccn2)S(=O)(=O)c2ccccc2)c1. The largest absolute Gasteiger partial charge is 0.490 e. The third kappa shape index (κ3) is 6.02. The molecule has 0 aliphatic carbocycles. The molecule has 0 radical (unpaired) electrons. The Morgan fingerprint density at radius 3 is 2.59 bits per heavy atom. The smallest absolute Gasteiger partial charge is 0.265 e. The summed E-state index contributed by atoms with van der Waals surface area (Å²) in [5, 5.41) is 3.92. The molecule has 0 atom stereocenters. The van der Waals surface area contributed by atoms with Gasteiger partial charge in [0.25, 0.3) is 15.9 Å². The third-order valence-electron chi connectivity index (χ3n) is 4.15. The molecular weight excluding hydrogens is 428 g/mol. The molecule has 1 heterocycles. The van der Waals surface area contributed by atoms with Gasteiger partial charge in [0.05, 0.1) is 11.1 Å². The van der Waals surface area contributed by atoms with E-state index in [1.54, 1.807) is 60.7 Å². The number of carbonyl (C=O) groups is 1. The number of benzene rings is 2. The molecule has 0 saturated carbocycles. The summed E-state index contributed by atoms with van der Waals surface area (Å²) in [5.41, 5.74) is 3.06. The average Bonchev–Trinajstić information content (AvgIpc) is 2.82. The van der Waals surface area contributed by atoms with Gasteiger partial charge in [-0.1, -0.05) is 49.1 Å². The second-order valence-corrected chi connectivity index (χ2v) is 8.34. The zero-order valence-corrected chi connectivity index (χ0v) is 18.0. The van der Waals surface area contributed by atoms with Gasteiger partial charge in [-0.15, -0.1) is 0 Å². The van der Waals surface area contributed by atoms with E-state index in [4.69, 9.17) is 4.74 Å². The van der Waals surface area contributed by atoms with Gasteiger partial charge in [-0.25, -0.2) is 23.1 Å². The summed E-state index contributed by atoms with van der Waals surface area (Å²) in [6, 6.07) is 19.8. The lowest BCUT2D eigenvalue weighted by Crippen LogP contribution is -2.40. The lowest BCUT2D eigenvalue weighted by Gasteiger charge is -2.22. The highest BCUT2D eigenvalue weighted by atomic mass is 32.2. The topological polar surface area (TPSA) is 101 Å². The van der Waals surface area contributed by atoms with Crippen LogP contribution >= 0.6 is 0 Å². The minimum atomic E-state index is -4.01. The number of sulfonamides is 1. The number of amides is 1. The fraction of sp³-hybridized carbons (Fsp3) is 0.0870. The molecule has 1 amide bonds. The van der Waals surface area contributed by atoms with Crippen molar-refractivity contribution in [1.29, 1.82) is 0 Å². The number of hydrogen-bond acceptors (Lipinski definition) is 6. The van der Waals surface area contributed by atoms with Crippen LogP contribution in [-0.2, 0) is 14.8 Å². The van der Waals surface area contributed by atoms with Gasteiger partial charge in [0.1, 0.15) is 24.7 Å². The number of carbonyl (C=O) groups excluding carboxylic acids is 1. The van der Waals surface area contributed by atoms with Crippen LogP contribution in [0.15, 0.2) is 102 Å². The summed E-state index contributed by atoms with van der Waals surface area (Å²) in [7, 11) is -4.01. The lowest BCUT2D eigenvalue weighted by molar-refractivity contribution is -0.119. The summed E-state index contributed by atoms with van der Waals surface area (Å²) in [4.78, 5) is 16.7. The van der Waals surface area contributed by atoms with Crippen LogP contribution in [0.3, 0.4) is 0 Å². The third-order valence-corrected chi connectivity index (χ3v) is 5.92. The minimum Gasteiger partial charge on any atom is -0.490 e. The fourth-order valence-corrected chi connectivity index (χ4v) is 4.09. The Bertz CT molecular complexity index is 1180. The van der Waals surface area contributed by atoms with Crippen molar-refractivity contribution in [2.75, 3.05) is 17.5 Å². The average molecular weight is 451 g/mol. The molecule has 0 aliphatic heterocycles. The van der Waals surface area contributed by atoms with Crippen LogP contribution in [-0.4, -0.2) is 38.7 Å². The monoisotopic (exact) mass is 450 g/mol. The highest BCUT2D eigenvalue weighted by molar-refractivity contribution is 7.92. The van der Waals surface area contributed by atoms with Crippen molar-refractivity contribution in [3.63, 3.8) is 0 Å². The quantitative estimate of drug-likeness (QED) is 0.291. The first-order chi connectivity index (χ1) is 15.5. The molecule has 3 rings (SSSR count). The number of hydrazone groups is 1. The molecule has 0 bridgehead atoms. The van der Waals surface area contributed by atoms with E-state index in [1.807, 2.05) is 0 Å². The van der Waals surface area contributed by atoms with Crippen molar-refractivity contribution < 1.29 is 17.9 Å². The van der Waals surface area contributed by atoms with Crippen molar-refractivity contribution in [2.24, 2.45) is 5.10 Å². The predicted octanol–water partition coefficient (Wildman–Crippen LogP) is 2.99. The molecule has 2 aromatic carbocycles. The van der Waals surface area contributed by atoms with E-state index in [9.17, 15) is 13.2 Å². The Kier molecular flexibility index (Phi) is 7.71. The predicted molar refractivity (Wildman–Crippen MR) is 123 cm³/mol. The van der Waals surface area contributed by atoms with Gasteiger partial charge < -0.3 is 4.74 Å². The van der Waals surface area contributed by atoms with Crippen LogP contribution in [0.2, 0.25) is 0 Å². The van der Waals surface area contributed by atoms with E-state index in [1.165, 1.54) is 30.6 Å². The second-order valence-electron chi connectivity index (χ2n) is 6.48. The van der Waals surface area contributed by atoms with E-state index in [2.05, 4.69) is 22.1 Å². The van der Waals surface area contributed by atoms with E-state index >= 15 is 0 Å². The molecule has 8 nitrogen and oxygen atoms in total. The molecular formula is C23H22N4O4S. The number of hydrogen-bond donors (Lipinski definition) is 1. The Hall–Kier alpha value is -3.98. The summed E-state index contributed by atoms with van der Waals surface area (Å²) >= 11 is 0. The molecule has 0 saturated heterocycles. The van der Waals surface area contributed by atoms with E-state index < -0.39 is 22.5 Å². The molecule has 0 unspecified atom stereocenters. The Morgan fingerprint density at radius 2 is 1.88 bits per heavy atom. The van der Waals surface area contributed by atoms with Gasteiger partial charge in [-0.2, -0.15) is 5.10 Å². The Balaban J connectivity index is 1.74. The fourth-order valence-electron chi connectivity index (χ4n) is 2.69. The number of anilines is 1. The maximum absolute atomic E-state index is 13.1. The Morgan fingerprint density at radius 1 is 1.09 bits per heavy atom. The van der Waals surface area contributed by atoms with Crippen LogP contribution in [0, 0.1) is 0 Å². The van der Waals surface area contributed by atoms with E-state index in [0.717, 1.165) is 4.31 Å². The first-order valence-electron chi connectivity index (χ1n) is 9.65. The van der Waals surface area contributed by atoms with Crippen LogP contribution < -0.4 is 14.5 Å². The highest BCUT2D eigenvalue weighted by Gasteiger charge is 2.27. The van der Waals surface area contributed by atoms with Gasteiger partial charge >= 0.3 is 0 Å². The van der Waals surface area contributed by atoms with Crippen LogP contribution in [0.4, 0.5) is 5.82 Å². The minimum absolute atomic E-state index is 0.0540. The normalized spacial score (nSPS) is 11.1. The van der Waals surface area contributed by atoms with E-state index in [0.29, 0.717) is 17.9 Å². The Labute approximate surface area is 186 Å². The molecule has 32 heavy (non-hydrogen) atoms. The number of nitrogens with zero attached hydrogens (tertiary/aromatic N) is 3. The summed E-state index contributed by atoms with van der Waals surface area (Å²) < 4.78 is 32.7. The molecule has 0 spiro atoms. The van der Waals surface area contributed by atoms with E-state index in [-0.39, 0.29) is 10.7 Å². The second kappa shape index (κ2) is 10.9. The standard InChI is InChI=1S/C23H22N4O4S/c1-2-15-31-20-10-8-9-19(16-20)17-25-26-23(28)18-27(22-13-6-7-14-24-22)32(29,30)21-11-4-3-5-12-21/h2-14,16-17H,1,15,18H2,(H,26,28)/b25-17-. The maximum atomic E-state index is 13.1. The van der Waals surface area contributed by atoms with Crippen LogP contribution in [0.1, 0.15) is 5.56 Å². The van der Waals surface area contributed by atoms with Crippen molar-refractivity contribution in [3.8, 4) is 5.75 Å². The lowest BCUT2D eigenvalue weighted by atomic mass is 10.2. The zero-order chi connectivity index (χ0) is 22.8. The summed E-state index contributed by atoms with van der Waals surface area (Å²) in [6.45, 7) is 3.48. The van der Waals surface area contributed by atoms with Crippen LogP contribution in [0.25, 0.3) is 0 Å². The summed E-state index contributed by atoms with van der Waals surface area (Å²) in [6.07, 6.45) is 4.54. The number of aromatic nitrogens is 1. The van der Waals surface area contributed by atoms with Crippen molar-refractivity contribution in [2.45, 2.75) is 4.90 Å². The zero-order valence-electron chi connectivity index (χ0n) is 17.2. The first-order valence-corrected chi connectivity index (χ1v) is 11.1. The van der Waals surface area contributed by atoms with Gasteiger partial charge in [0.15, 0.2) is 0 Å². The molecule has 1 aromatic heterocycles. The molecule has 0 aliphatic rings. The molecule has 164 valence electrons. The summed E-state index contributed by atoms with van der Waals surface area (Å²) in [5.74, 6) is 0.142. The first kappa shape index (κ1) is 22.7. The number of pyridine rings is 1. The van der Waals surface area contributed by atoms with Gasteiger partial charge in [-0.3, -0.25) is 4.79 Å². The molecule has 1 N–H and O–H groups in total.